The minimum Gasteiger partial charge on any atom is -0.301 e. The molecule has 1 heterocycles. The van der Waals surface area contributed by atoms with Crippen LogP contribution in [-0.2, 0) is 19.4 Å². The standard InChI is InChI=1S/C17H25BrN2/c18-7-10-19-8-2-9-20(12-11-19)14-15-5-6-16-3-1-4-17(16)13-15/h5-6,13H,1-4,7-12,14H2. The Bertz CT molecular complexity index is 447. The molecule has 0 bridgehead atoms. The molecule has 1 aliphatic heterocycles. The summed E-state index contributed by atoms with van der Waals surface area (Å²) >= 11 is 3.55. The van der Waals surface area contributed by atoms with Crippen molar-refractivity contribution in [1.29, 1.82) is 0 Å². The van der Waals surface area contributed by atoms with Crippen LogP contribution in [0.4, 0.5) is 0 Å². The summed E-state index contributed by atoms with van der Waals surface area (Å²) in [5.74, 6) is 0. The monoisotopic (exact) mass is 336 g/mol. The van der Waals surface area contributed by atoms with Crippen LogP contribution in [0.15, 0.2) is 18.2 Å². The van der Waals surface area contributed by atoms with Gasteiger partial charge < -0.3 is 4.90 Å². The van der Waals surface area contributed by atoms with E-state index in [-0.39, 0.29) is 0 Å². The van der Waals surface area contributed by atoms with E-state index in [0.717, 1.165) is 11.9 Å². The minimum atomic E-state index is 1.10. The SMILES string of the molecule is BrCCN1CCCN(Cc2ccc3c(c2)CCC3)CC1. The molecule has 1 aromatic rings. The Morgan fingerprint density at radius 2 is 1.70 bits per heavy atom. The zero-order valence-corrected chi connectivity index (χ0v) is 13.9. The van der Waals surface area contributed by atoms with E-state index in [0.29, 0.717) is 0 Å². The molecular weight excluding hydrogens is 312 g/mol. The predicted molar refractivity (Wildman–Crippen MR) is 88.6 cm³/mol. The van der Waals surface area contributed by atoms with E-state index in [1.54, 1.807) is 11.1 Å². The molecule has 0 radical (unpaired) electrons. The van der Waals surface area contributed by atoms with Gasteiger partial charge in [-0.15, -0.1) is 0 Å². The van der Waals surface area contributed by atoms with Crippen LogP contribution in [0.5, 0.6) is 0 Å². The highest BCUT2D eigenvalue weighted by Gasteiger charge is 2.16. The Hall–Kier alpha value is -0.380. The lowest BCUT2D eigenvalue weighted by Crippen LogP contribution is -2.31. The Morgan fingerprint density at radius 1 is 0.900 bits per heavy atom. The first-order chi connectivity index (χ1) is 9.85. The van der Waals surface area contributed by atoms with Gasteiger partial charge in [0.2, 0.25) is 0 Å². The number of fused-ring (bicyclic) bond motifs is 1. The van der Waals surface area contributed by atoms with Crippen molar-refractivity contribution in [2.24, 2.45) is 0 Å². The van der Waals surface area contributed by atoms with Crippen LogP contribution >= 0.6 is 15.9 Å². The lowest BCUT2D eigenvalue weighted by molar-refractivity contribution is 0.258. The van der Waals surface area contributed by atoms with E-state index in [9.17, 15) is 0 Å². The molecule has 3 heteroatoms. The number of aryl methyl sites for hydroxylation is 2. The maximum absolute atomic E-state index is 3.55. The van der Waals surface area contributed by atoms with Crippen molar-refractivity contribution in [2.45, 2.75) is 32.2 Å². The molecule has 0 amide bonds. The van der Waals surface area contributed by atoms with Crippen molar-refractivity contribution in [1.82, 2.24) is 9.80 Å². The number of halogens is 1. The molecule has 110 valence electrons. The molecule has 0 atom stereocenters. The van der Waals surface area contributed by atoms with E-state index in [1.807, 2.05) is 0 Å². The summed E-state index contributed by atoms with van der Waals surface area (Å²) in [5.41, 5.74) is 4.71. The van der Waals surface area contributed by atoms with Crippen LogP contribution in [0.2, 0.25) is 0 Å². The van der Waals surface area contributed by atoms with Gasteiger partial charge in [0.1, 0.15) is 0 Å². The number of alkyl halides is 1. The molecule has 2 nitrogen and oxygen atoms in total. The van der Waals surface area contributed by atoms with E-state index in [2.05, 4.69) is 43.9 Å². The van der Waals surface area contributed by atoms with Crippen LogP contribution in [0.3, 0.4) is 0 Å². The Kier molecular flexibility index (Phi) is 5.14. The fraction of sp³-hybridized carbons (Fsp3) is 0.647. The quantitative estimate of drug-likeness (QED) is 0.779. The van der Waals surface area contributed by atoms with Gasteiger partial charge in [-0.1, -0.05) is 34.1 Å². The molecule has 20 heavy (non-hydrogen) atoms. The van der Waals surface area contributed by atoms with Crippen LogP contribution in [0, 0.1) is 0 Å². The summed E-state index contributed by atoms with van der Waals surface area (Å²) in [7, 11) is 0. The molecule has 1 fully saturated rings. The number of benzene rings is 1. The fourth-order valence-corrected chi connectivity index (χ4v) is 4.01. The molecular formula is C17H25BrN2. The highest BCUT2D eigenvalue weighted by atomic mass is 79.9. The van der Waals surface area contributed by atoms with Crippen LogP contribution in [0.25, 0.3) is 0 Å². The molecule has 0 N–H and O–H groups in total. The van der Waals surface area contributed by atoms with E-state index < -0.39 is 0 Å². The van der Waals surface area contributed by atoms with Gasteiger partial charge in [-0.3, -0.25) is 4.90 Å². The zero-order chi connectivity index (χ0) is 13.8. The Morgan fingerprint density at radius 3 is 2.60 bits per heavy atom. The van der Waals surface area contributed by atoms with Gasteiger partial charge in [-0.25, -0.2) is 0 Å². The van der Waals surface area contributed by atoms with Gasteiger partial charge in [0.15, 0.2) is 0 Å². The lowest BCUT2D eigenvalue weighted by Gasteiger charge is -2.21. The molecule has 0 unspecified atom stereocenters. The first-order valence-corrected chi connectivity index (χ1v) is 9.08. The summed E-state index contributed by atoms with van der Waals surface area (Å²) in [6.45, 7) is 7.25. The normalized spacial score (nSPS) is 20.9. The average molecular weight is 337 g/mol. The first kappa shape index (κ1) is 14.6. The van der Waals surface area contributed by atoms with E-state index in [4.69, 9.17) is 0 Å². The molecule has 3 rings (SSSR count). The van der Waals surface area contributed by atoms with Gasteiger partial charge in [0, 0.05) is 31.5 Å². The van der Waals surface area contributed by atoms with Gasteiger partial charge in [0.25, 0.3) is 0 Å². The Balaban J connectivity index is 1.57. The molecule has 0 spiro atoms. The van der Waals surface area contributed by atoms with Crippen molar-refractivity contribution >= 4 is 15.9 Å². The maximum Gasteiger partial charge on any atom is 0.0234 e. The minimum absolute atomic E-state index is 1.10. The predicted octanol–water partition coefficient (Wildman–Crippen LogP) is 3.08. The van der Waals surface area contributed by atoms with Crippen LogP contribution < -0.4 is 0 Å². The second-order valence-electron chi connectivity index (χ2n) is 6.12. The smallest absolute Gasteiger partial charge is 0.0234 e. The molecule has 2 aliphatic rings. The summed E-state index contributed by atoms with van der Waals surface area (Å²) in [6.07, 6.45) is 5.24. The largest absolute Gasteiger partial charge is 0.301 e. The third kappa shape index (κ3) is 3.63. The number of hydrogen-bond donors (Lipinski definition) is 0. The van der Waals surface area contributed by atoms with Crippen molar-refractivity contribution < 1.29 is 0 Å². The van der Waals surface area contributed by atoms with Crippen molar-refractivity contribution in [3.63, 3.8) is 0 Å². The number of rotatable bonds is 4. The summed E-state index contributed by atoms with van der Waals surface area (Å²) in [5, 5.41) is 1.10. The molecule has 0 saturated carbocycles. The second-order valence-corrected chi connectivity index (χ2v) is 6.91. The van der Waals surface area contributed by atoms with E-state index >= 15 is 0 Å². The van der Waals surface area contributed by atoms with E-state index in [1.165, 1.54) is 64.0 Å². The number of nitrogens with zero attached hydrogens (tertiary/aromatic N) is 2. The zero-order valence-electron chi connectivity index (χ0n) is 12.3. The van der Waals surface area contributed by atoms with Gasteiger partial charge in [0.05, 0.1) is 0 Å². The van der Waals surface area contributed by atoms with Crippen molar-refractivity contribution in [3.05, 3.63) is 34.9 Å². The first-order valence-electron chi connectivity index (χ1n) is 7.96. The molecule has 1 aliphatic carbocycles. The van der Waals surface area contributed by atoms with Crippen LogP contribution in [-0.4, -0.2) is 47.9 Å². The maximum atomic E-state index is 3.55. The summed E-state index contributed by atoms with van der Waals surface area (Å²) in [4.78, 5) is 5.21. The summed E-state index contributed by atoms with van der Waals surface area (Å²) in [6, 6.07) is 7.18. The molecule has 1 saturated heterocycles. The van der Waals surface area contributed by atoms with Crippen molar-refractivity contribution in [2.75, 3.05) is 38.1 Å². The van der Waals surface area contributed by atoms with Gasteiger partial charge in [-0.2, -0.15) is 0 Å². The average Bonchev–Trinajstić information content (AvgIpc) is 2.81. The molecule has 0 aromatic heterocycles. The number of hydrogen-bond acceptors (Lipinski definition) is 2. The highest BCUT2D eigenvalue weighted by molar-refractivity contribution is 9.09. The lowest BCUT2D eigenvalue weighted by atomic mass is 10.1. The fourth-order valence-electron chi connectivity index (χ4n) is 3.51. The molecule has 1 aromatic carbocycles. The third-order valence-corrected chi connectivity index (χ3v) is 5.01. The van der Waals surface area contributed by atoms with Crippen molar-refractivity contribution in [3.8, 4) is 0 Å². The second kappa shape index (κ2) is 7.06. The van der Waals surface area contributed by atoms with Gasteiger partial charge in [-0.05, 0) is 55.5 Å². The third-order valence-electron chi connectivity index (χ3n) is 4.65. The van der Waals surface area contributed by atoms with Gasteiger partial charge >= 0.3 is 0 Å². The summed E-state index contributed by atoms with van der Waals surface area (Å²) < 4.78 is 0. The van der Waals surface area contributed by atoms with Crippen LogP contribution in [0.1, 0.15) is 29.5 Å². The Labute approximate surface area is 131 Å². The highest BCUT2D eigenvalue weighted by Crippen LogP contribution is 2.23. The topological polar surface area (TPSA) is 6.48 Å².